The van der Waals surface area contributed by atoms with Gasteiger partial charge in [-0.2, -0.15) is 11.3 Å². The predicted octanol–water partition coefficient (Wildman–Crippen LogP) is 3.08. The third-order valence-electron chi connectivity index (χ3n) is 3.15. The van der Waals surface area contributed by atoms with Crippen LogP contribution < -0.4 is 5.73 Å². The molecule has 1 saturated carbocycles. The summed E-state index contributed by atoms with van der Waals surface area (Å²) in [5.41, 5.74) is 7.31. The third kappa shape index (κ3) is 1.54. The number of hydrogen-bond acceptors (Lipinski definition) is 3. The summed E-state index contributed by atoms with van der Waals surface area (Å²) in [7, 11) is 1.76. The van der Waals surface area contributed by atoms with Crippen molar-refractivity contribution in [2.45, 2.75) is 30.9 Å². The van der Waals surface area contributed by atoms with E-state index in [9.17, 15) is 0 Å². The van der Waals surface area contributed by atoms with E-state index in [-0.39, 0.29) is 11.6 Å². The Morgan fingerprint density at radius 3 is 2.64 bits per heavy atom. The zero-order chi connectivity index (χ0) is 10.2. The van der Waals surface area contributed by atoms with Crippen LogP contribution in [0.25, 0.3) is 0 Å². The molecule has 78 valence electrons. The molecule has 1 aromatic heterocycles. The Kier molecular flexibility index (Phi) is 2.98. The van der Waals surface area contributed by atoms with E-state index in [0.717, 1.165) is 17.3 Å². The molecular formula is C10H14BrNOS. The van der Waals surface area contributed by atoms with E-state index in [0.29, 0.717) is 0 Å². The van der Waals surface area contributed by atoms with Crippen LogP contribution in [0, 0.1) is 0 Å². The van der Waals surface area contributed by atoms with Crippen molar-refractivity contribution in [3.05, 3.63) is 20.8 Å². The molecule has 1 fully saturated rings. The number of rotatable bonds is 3. The van der Waals surface area contributed by atoms with Crippen LogP contribution in [-0.2, 0) is 4.74 Å². The Hall–Kier alpha value is 0.100. The monoisotopic (exact) mass is 275 g/mol. The predicted molar refractivity (Wildman–Crippen MR) is 62.5 cm³/mol. The van der Waals surface area contributed by atoms with E-state index in [1.54, 1.807) is 18.4 Å². The first-order valence-corrected chi connectivity index (χ1v) is 6.45. The van der Waals surface area contributed by atoms with Gasteiger partial charge in [0.2, 0.25) is 0 Å². The highest BCUT2D eigenvalue weighted by Crippen LogP contribution is 2.45. The first-order chi connectivity index (χ1) is 6.69. The largest absolute Gasteiger partial charge is 0.376 e. The first-order valence-electron chi connectivity index (χ1n) is 4.72. The van der Waals surface area contributed by atoms with Gasteiger partial charge in [-0.1, -0.05) is 0 Å². The SMILES string of the molecule is COC1(C(N)c2cscc2Br)CCC1. The van der Waals surface area contributed by atoms with Crippen LogP contribution in [0.3, 0.4) is 0 Å². The van der Waals surface area contributed by atoms with Gasteiger partial charge in [-0.25, -0.2) is 0 Å². The van der Waals surface area contributed by atoms with Crippen molar-refractivity contribution in [2.24, 2.45) is 5.73 Å². The molecule has 0 aliphatic heterocycles. The minimum Gasteiger partial charge on any atom is -0.376 e. The topological polar surface area (TPSA) is 35.2 Å². The normalized spacial score (nSPS) is 21.6. The summed E-state index contributed by atoms with van der Waals surface area (Å²) in [6.07, 6.45) is 3.38. The molecule has 4 heteroatoms. The fourth-order valence-electron chi connectivity index (χ4n) is 1.96. The summed E-state index contributed by atoms with van der Waals surface area (Å²) in [5.74, 6) is 0. The third-order valence-corrected chi connectivity index (χ3v) is 4.90. The van der Waals surface area contributed by atoms with Crippen LogP contribution in [-0.4, -0.2) is 12.7 Å². The lowest BCUT2D eigenvalue weighted by Crippen LogP contribution is -2.48. The molecule has 2 nitrogen and oxygen atoms in total. The van der Waals surface area contributed by atoms with Gasteiger partial charge in [0, 0.05) is 17.0 Å². The van der Waals surface area contributed by atoms with Gasteiger partial charge in [0.1, 0.15) is 0 Å². The van der Waals surface area contributed by atoms with Crippen molar-refractivity contribution in [1.29, 1.82) is 0 Å². The van der Waals surface area contributed by atoms with E-state index >= 15 is 0 Å². The molecule has 0 radical (unpaired) electrons. The van der Waals surface area contributed by atoms with E-state index in [1.807, 2.05) is 0 Å². The van der Waals surface area contributed by atoms with Gasteiger partial charge >= 0.3 is 0 Å². The second-order valence-corrected chi connectivity index (χ2v) is 5.37. The molecule has 1 unspecified atom stereocenters. The first kappa shape index (κ1) is 10.6. The Labute approximate surface area is 96.6 Å². The van der Waals surface area contributed by atoms with E-state index in [4.69, 9.17) is 10.5 Å². The molecule has 0 amide bonds. The molecular weight excluding hydrogens is 262 g/mol. The van der Waals surface area contributed by atoms with Crippen LogP contribution in [0.2, 0.25) is 0 Å². The van der Waals surface area contributed by atoms with Crippen molar-refractivity contribution in [1.82, 2.24) is 0 Å². The zero-order valence-corrected chi connectivity index (χ0v) is 10.5. The van der Waals surface area contributed by atoms with Gasteiger partial charge in [-0.15, -0.1) is 0 Å². The molecule has 1 aromatic rings. The lowest BCUT2D eigenvalue weighted by molar-refractivity contribution is -0.0912. The van der Waals surface area contributed by atoms with Crippen LogP contribution in [0.5, 0.6) is 0 Å². The van der Waals surface area contributed by atoms with E-state index < -0.39 is 0 Å². The average Bonchev–Trinajstić information content (AvgIpc) is 2.50. The molecule has 14 heavy (non-hydrogen) atoms. The van der Waals surface area contributed by atoms with Gasteiger partial charge in [0.15, 0.2) is 0 Å². The van der Waals surface area contributed by atoms with Gasteiger partial charge in [0.05, 0.1) is 11.6 Å². The lowest BCUT2D eigenvalue weighted by atomic mass is 9.73. The van der Waals surface area contributed by atoms with Crippen LogP contribution in [0.1, 0.15) is 30.9 Å². The second-order valence-electron chi connectivity index (χ2n) is 3.78. The van der Waals surface area contributed by atoms with Crippen LogP contribution >= 0.6 is 27.3 Å². The number of methoxy groups -OCH3 is 1. The van der Waals surface area contributed by atoms with Crippen LogP contribution in [0.15, 0.2) is 15.2 Å². The summed E-state index contributed by atoms with van der Waals surface area (Å²) in [6.45, 7) is 0. The highest BCUT2D eigenvalue weighted by atomic mass is 79.9. The van der Waals surface area contributed by atoms with Gasteiger partial charge in [-0.3, -0.25) is 0 Å². The minimum absolute atomic E-state index is 0.00174. The summed E-state index contributed by atoms with van der Waals surface area (Å²) in [4.78, 5) is 0. The molecule has 1 aliphatic carbocycles. The maximum Gasteiger partial charge on any atom is 0.0871 e. The van der Waals surface area contributed by atoms with Gasteiger partial charge in [0.25, 0.3) is 0 Å². The molecule has 0 spiro atoms. The van der Waals surface area contributed by atoms with E-state index in [1.165, 1.54) is 12.0 Å². The van der Waals surface area contributed by atoms with Crippen molar-refractivity contribution in [2.75, 3.05) is 7.11 Å². The molecule has 2 N–H and O–H groups in total. The number of ether oxygens (including phenoxy) is 1. The minimum atomic E-state index is -0.108. The molecule has 0 bridgehead atoms. The molecule has 0 aromatic carbocycles. The zero-order valence-electron chi connectivity index (χ0n) is 8.13. The lowest BCUT2D eigenvalue weighted by Gasteiger charge is -2.45. The molecule has 1 aliphatic rings. The van der Waals surface area contributed by atoms with Crippen molar-refractivity contribution < 1.29 is 4.74 Å². The highest BCUT2D eigenvalue weighted by Gasteiger charge is 2.44. The van der Waals surface area contributed by atoms with Gasteiger partial charge < -0.3 is 10.5 Å². The Morgan fingerprint density at radius 2 is 2.29 bits per heavy atom. The number of hydrogen-bond donors (Lipinski definition) is 1. The fraction of sp³-hybridized carbons (Fsp3) is 0.600. The Balaban J connectivity index is 2.22. The van der Waals surface area contributed by atoms with Crippen LogP contribution in [0.4, 0.5) is 0 Å². The maximum absolute atomic E-state index is 6.24. The average molecular weight is 276 g/mol. The maximum atomic E-state index is 6.24. The van der Waals surface area contributed by atoms with E-state index in [2.05, 4.69) is 26.7 Å². The Morgan fingerprint density at radius 1 is 1.57 bits per heavy atom. The summed E-state index contributed by atoms with van der Waals surface area (Å²) in [5, 5.41) is 4.17. The molecule has 2 rings (SSSR count). The molecule has 0 saturated heterocycles. The summed E-state index contributed by atoms with van der Waals surface area (Å²) >= 11 is 5.19. The number of nitrogens with two attached hydrogens (primary N) is 1. The standard InChI is InChI=1S/C10H14BrNOS/c1-13-10(3-2-4-10)9(12)7-5-14-6-8(7)11/h5-6,9H,2-4,12H2,1H3. The quantitative estimate of drug-likeness (QED) is 0.920. The number of thiophene rings is 1. The van der Waals surface area contributed by atoms with Crippen molar-refractivity contribution in [3.63, 3.8) is 0 Å². The van der Waals surface area contributed by atoms with Crippen molar-refractivity contribution >= 4 is 27.3 Å². The highest BCUT2D eigenvalue weighted by molar-refractivity contribution is 9.10. The fourth-order valence-corrected chi connectivity index (χ4v) is 3.54. The molecule has 1 heterocycles. The Bertz CT molecular complexity index is 316. The summed E-state index contributed by atoms with van der Waals surface area (Å²) in [6, 6.07) is 0.00174. The van der Waals surface area contributed by atoms with Crippen molar-refractivity contribution in [3.8, 4) is 0 Å². The molecule has 1 atom stereocenters. The second kappa shape index (κ2) is 3.93. The smallest absolute Gasteiger partial charge is 0.0871 e. The summed E-state index contributed by atoms with van der Waals surface area (Å²) < 4.78 is 6.68. The number of halogens is 1. The van der Waals surface area contributed by atoms with Gasteiger partial charge in [-0.05, 0) is 46.1 Å².